The number of ether oxygens (including phenoxy) is 2. The molecule has 0 saturated carbocycles. The molecular weight excluding hydrogens is 326 g/mol. The van der Waals surface area contributed by atoms with Gasteiger partial charge in [0.15, 0.2) is 0 Å². The fourth-order valence-corrected chi connectivity index (χ4v) is 3.51. The van der Waals surface area contributed by atoms with Gasteiger partial charge in [0.05, 0.1) is 19.3 Å². The minimum absolute atomic E-state index is 0.0309. The molecule has 1 aliphatic carbocycles. The van der Waals surface area contributed by atoms with Gasteiger partial charge in [0.2, 0.25) is 5.91 Å². The summed E-state index contributed by atoms with van der Waals surface area (Å²) in [4.78, 5) is 14.9. The number of amides is 1. The highest BCUT2D eigenvalue weighted by Crippen LogP contribution is 2.36. The first-order valence-corrected chi connectivity index (χ1v) is 9.18. The highest BCUT2D eigenvalue weighted by atomic mass is 16.5. The molecule has 0 radical (unpaired) electrons. The molecule has 0 N–H and O–H groups in total. The molecule has 26 heavy (non-hydrogen) atoms. The smallest absolute Gasteiger partial charge is 0.249 e. The largest absolute Gasteiger partial charge is 0.382 e. The van der Waals surface area contributed by atoms with Crippen molar-refractivity contribution in [2.24, 2.45) is 0 Å². The van der Waals surface area contributed by atoms with E-state index in [2.05, 4.69) is 55.5 Å². The fraction of sp³-hybridized carbons (Fsp3) is 0.409. The second-order valence-corrected chi connectivity index (χ2v) is 6.81. The molecule has 1 amide bonds. The van der Waals surface area contributed by atoms with Crippen LogP contribution in [0.1, 0.15) is 34.7 Å². The molecule has 1 aliphatic rings. The van der Waals surface area contributed by atoms with E-state index >= 15 is 0 Å². The fourth-order valence-electron chi connectivity index (χ4n) is 3.51. The Morgan fingerprint density at radius 2 is 1.88 bits per heavy atom. The zero-order valence-electron chi connectivity index (χ0n) is 15.6. The van der Waals surface area contributed by atoms with E-state index in [9.17, 15) is 4.79 Å². The maximum Gasteiger partial charge on any atom is 0.249 e. The zero-order valence-corrected chi connectivity index (χ0v) is 15.6. The molecule has 0 aromatic heterocycles. The van der Waals surface area contributed by atoms with Gasteiger partial charge in [0, 0.05) is 13.7 Å². The summed E-state index contributed by atoms with van der Waals surface area (Å²) in [6.07, 6.45) is 1.98. The number of nitrogens with zero attached hydrogens (tertiary/aromatic N) is 1. The average Bonchev–Trinajstić information content (AvgIpc) is 3.08. The SMILES string of the molecule is COCCOCC(=O)N(Cc1ccc(C)cc1)C1CCc2ccccc21. The minimum atomic E-state index is 0.0309. The molecule has 1 unspecified atom stereocenters. The van der Waals surface area contributed by atoms with E-state index in [1.807, 2.05) is 4.90 Å². The minimum Gasteiger partial charge on any atom is -0.382 e. The maximum atomic E-state index is 12.9. The summed E-state index contributed by atoms with van der Waals surface area (Å²) in [7, 11) is 1.63. The lowest BCUT2D eigenvalue weighted by molar-refractivity contribution is -0.139. The predicted octanol–water partition coefficient (Wildman–Crippen LogP) is 3.67. The molecule has 1 atom stereocenters. The van der Waals surface area contributed by atoms with Crippen molar-refractivity contribution in [3.8, 4) is 0 Å². The third kappa shape index (κ3) is 4.51. The van der Waals surface area contributed by atoms with Crippen molar-refractivity contribution in [3.63, 3.8) is 0 Å². The molecular formula is C22H27NO3. The number of aryl methyl sites for hydroxylation is 2. The molecule has 4 nitrogen and oxygen atoms in total. The molecule has 2 aromatic rings. The van der Waals surface area contributed by atoms with E-state index in [-0.39, 0.29) is 18.6 Å². The molecule has 0 heterocycles. The second-order valence-electron chi connectivity index (χ2n) is 6.81. The van der Waals surface area contributed by atoms with Crippen LogP contribution in [0.4, 0.5) is 0 Å². The molecule has 0 fully saturated rings. The summed E-state index contributed by atoms with van der Waals surface area (Å²) in [5, 5.41) is 0. The Bertz CT molecular complexity index is 726. The van der Waals surface area contributed by atoms with E-state index in [0.29, 0.717) is 19.8 Å². The lowest BCUT2D eigenvalue weighted by Crippen LogP contribution is -2.36. The Kier molecular flexibility index (Phi) is 6.42. The number of carbonyl (C=O) groups is 1. The Morgan fingerprint density at radius 1 is 1.12 bits per heavy atom. The summed E-state index contributed by atoms with van der Waals surface area (Å²) in [5.41, 5.74) is 4.98. The van der Waals surface area contributed by atoms with Gasteiger partial charge < -0.3 is 14.4 Å². The van der Waals surface area contributed by atoms with Gasteiger partial charge in [-0.25, -0.2) is 0 Å². The van der Waals surface area contributed by atoms with Gasteiger partial charge in [-0.15, -0.1) is 0 Å². The van der Waals surface area contributed by atoms with Crippen LogP contribution in [0.2, 0.25) is 0 Å². The quantitative estimate of drug-likeness (QED) is 0.680. The number of hydrogen-bond acceptors (Lipinski definition) is 3. The monoisotopic (exact) mass is 353 g/mol. The third-order valence-corrected chi connectivity index (χ3v) is 4.93. The van der Waals surface area contributed by atoms with Crippen molar-refractivity contribution in [1.82, 2.24) is 4.90 Å². The van der Waals surface area contributed by atoms with Crippen LogP contribution in [-0.2, 0) is 27.2 Å². The van der Waals surface area contributed by atoms with Crippen molar-refractivity contribution in [1.29, 1.82) is 0 Å². The van der Waals surface area contributed by atoms with Crippen LogP contribution in [0.5, 0.6) is 0 Å². The number of hydrogen-bond donors (Lipinski definition) is 0. The normalized spacial score (nSPS) is 15.7. The first-order chi connectivity index (χ1) is 12.7. The van der Waals surface area contributed by atoms with E-state index in [4.69, 9.17) is 9.47 Å². The van der Waals surface area contributed by atoms with Crippen molar-refractivity contribution >= 4 is 5.91 Å². The average molecular weight is 353 g/mol. The molecule has 3 rings (SSSR count). The standard InChI is InChI=1S/C22H27NO3/c1-17-7-9-18(10-8-17)15-23(22(24)16-26-14-13-25-2)21-12-11-19-5-3-4-6-20(19)21/h3-10,21H,11-16H2,1-2H3. The first kappa shape index (κ1) is 18.6. The van der Waals surface area contributed by atoms with Crippen LogP contribution in [0.15, 0.2) is 48.5 Å². The molecule has 2 aromatic carbocycles. The Labute approximate surface area is 155 Å². The van der Waals surface area contributed by atoms with E-state index in [1.54, 1.807) is 7.11 Å². The number of carbonyl (C=O) groups excluding carboxylic acids is 1. The van der Waals surface area contributed by atoms with Crippen LogP contribution in [-0.4, -0.2) is 37.7 Å². The van der Waals surface area contributed by atoms with Crippen LogP contribution < -0.4 is 0 Å². The van der Waals surface area contributed by atoms with Crippen molar-refractivity contribution in [2.45, 2.75) is 32.4 Å². The van der Waals surface area contributed by atoms with Gasteiger partial charge in [-0.3, -0.25) is 4.79 Å². The van der Waals surface area contributed by atoms with Crippen molar-refractivity contribution < 1.29 is 14.3 Å². The third-order valence-electron chi connectivity index (χ3n) is 4.93. The van der Waals surface area contributed by atoms with Crippen molar-refractivity contribution in [3.05, 3.63) is 70.8 Å². The second kappa shape index (κ2) is 8.97. The van der Waals surface area contributed by atoms with Gasteiger partial charge >= 0.3 is 0 Å². The van der Waals surface area contributed by atoms with Gasteiger partial charge in [-0.05, 0) is 36.5 Å². The molecule has 138 valence electrons. The van der Waals surface area contributed by atoms with Gasteiger partial charge in [-0.2, -0.15) is 0 Å². The molecule has 0 aliphatic heterocycles. The first-order valence-electron chi connectivity index (χ1n) is 9.18. The molecule has 0 spiro atoms. The molecule has 4 heteroatoms. The molecule has 0 saturated heterocycles. The Balaban J connectivity index is 1.77. The maximum absolute atomic E-state index is 12.9. The number of benzene rings is 2. The molecule has 0 bridgehead atoms. The highest BCUT2D eigenvalue weighted by Gasteiger charge is 2.30. The number of fused-ring (bicyclic) bond motifs is 1. The Morgan fingerprint density at radius 3 is 2.65 bits per heavy atom. The van der Waals surface area contributed by atoms with E-state index < -0.39 is 0 Å². The summed E-state index contributed by atoms with van der Waals surface area (Å²) < 4.78 is 10.5. The highest BCUT2D eigenvalue weighted by molar-refractivity contribution is 5.78. The predicted molar refractivity (Wildman–Crippen MR) is 102 cm³/mol. The van der Waals surface area contributed by atoms with Gasteiger partial charge in [0.1, 0.15) is 6.61 Å². The Hall–Kier alpha value is -2.17. The summed E-state index contributed by atoms with van der Waals surface area (Å²) >= 11 is 0. The number of rotatable bonds is 8. The topological polar surface area (TPSA) is 38.8 Å². The number of methoxy groups -OCH3 is 1. The summed E-state index contributed by atoms with van der Waals surface area (Å²) in [6.45, 7) is 3.70. The lowest BCUT2D eigenvalue weighted by atomic mass is 10.1. The summed E-state index contributed by atoms with van der Waals surface area (Å²) in [6, 6.07) is 16.9. The van der Waals surface area contributed by atoms with Crippen molar-refractivity contribution in [2.75, 3.05) is 26.9 Å². The van der Waals surface area contributed by atoms with Crippen LogP contribution in [0.3, 0.4) is 0 Å². The summed E-state index contributed by atoms with van der Waals surface area (Å²) in [5.74, 6) is 0.0309. The van der Waals surface area contributed by atoms with E-state index in [0.717, 1.165) is 18.4 Å². The van der Waals surface area contributed by atoms with Crippen LogP contribution >= 0.6 is 0 Å². The van der Waals surface area contributed by atoms with Crippen LogP contribution in [0, 0.1) is 6.92 Å². The van der Waals surface area contributed by atoms with E-state index in [1.165, 1.54) is 16.7 Å². The lowest BCUT2D eigenvalue weighted by Gasteiger charge is -2.30. The van der Waals surface area contributed by atoms with Crippen LogP contribution in [0.25, 0.3) is 0 Å². The van der Waals surface area contributed by atoms with Gasteiger partial charge in [0.25, 0.3) is 0 Å². The van der Waals surface area contributed by atoms with Gasteiger partial charge in [-0.1, -0.05) is 54.1 Å². The zero-order chi connectivity index (χ0) is 18.4.